The number of nitrogens with zero attached hydrogens (tertiary/aromatic N) is 3. The first-order valence-corrected chi connectivity index (χ1v) is 10.2. The maximum Gasteiger partial charge on any atom is 0.407 e. The van der Waals surface area contributed by atoms with Gasteiger partial charge in [-0.25, -0.2) is 4.79 Å². The lowest BCUT2D eigenvalue weighted by Gasteiger charge is -2.44. The standard InChI is InChI=1S/C22H23F6N3O2/c1-13-5-3-4-6-16(13)17-8-7-15(29-14(17)2)11-30-9-10-31(20(32)33)18(12-30)19(21(23,24)25)22(26,27)28/h3-8,18-19H,9-12H2,1-2H3,(H,32,33). The van der Waals surface area contributed by atoms with Crippen molar-refractivity contribution in [2.45, 2.75) is 38.8 Å². The van der Waals surface area contributed by atoms with Crippen LogP contribution in [0.25, 0.3) is 11.1 Å². The van der Waals surface area contributed by atoms with E-state index in [2.05, 4.69) is 4.98 Å². The van der Waals surface area contributed by atoms with Crippen LogP contribution in [0.2, 0.25) is 0 Å². The van der Waals surface area contributed by atoms with Gasteiger partial charge in [0.05, 0.1) is 11.7 Å². The number of alkyl halides is 6. The van der Waals surface area contributed by atoms with E-state index in [1.807, 2.05) is 37.3 Å². The molecule has 1 saturated heterocycles. The number of carboxylic acid groups (broad SMARTS) is 1. The third kappa shape index (κ3) is 5.58. The van der Waals surface area contributed by atoms with Gasteiger partial charge in [-0.2, -0.15) is 26.3 Å². The summed E-state index contributed by atoms with van der Waals surface area (Å²) in [6.07, 6.45) is -13.1. The molecule has 1 N–H and O–H groups in total. The highest BCUT2D eigenvalue weighted by molar-refractivity contribution is 5.69. The number of rotatable bonds is 4. The van der Waals surface area contributed by atoms with E-state index < -0.39 is 43.5 Å². The molecular formula is C22H23F6N3O2. The number of hydrogen-bond donors (Lipinski definition) is 1. The number of pyridine rings is 1. The maximum absolute atomic E-state index is 13.3. The Morgan fingerprint density at radius 2 is 1.67 bits per heavy atom. The molecule has 0 aliphatic carbocycles. The molecule has 0 spiro atoms. The van der Waals surface area contributed by atoms with Crippen molar-refractivity contribution < 1.29 is 36.2 Å². The molecule has 1 unspecified atom stereocenters. The zero-order valence-electron chi connectivity index (χ0n) is 17.9. The van der Waals surface area contributed by atoms with Gasteiger partial charge >= 0.3 is 18.4 Å². The molecule has 1 fully saturated rings. The summed E-state index contributed by atoms with van der Waals surface area (Å²) in [6.45, 7) is 2.54. The van der Waals surface area contributed by atoms with Gasteiger partial charge in [0.15, 0.2) is 5.92 Å². The second kappa shape index (κ2) is 9.20. The lowest BCUT2D eigenvalue weighted by molar-refractivity contribution is -0.300. The molecule has 2 heterocycles. The Morgan fingerprint density at radius 3 is 2.21 bits per heavy atom. The molecule has 5 nitrogen and oxygen atoms in total. The molecule has 1 aromatic heterocycles. The summed E-state index contributed by atoms with van der Waals surface area (Å²) in [6, 6.07) is 8.86. The monoisotopic (exact) mass is 475 g/mol. The second-order valence-electron chi connectivity index (χ2n) is 8.09. The highest BCUT2D eigenvalue weighted by atomic mass is 19.4. The molecule has 11 heteroatoms. The normalized spacial score (nSPS) is 18.1. The van der Waals surface area contributed by atoms with Gasteiger partial charge in [-0.15, -0.1) is 0 Å². The summed E-state index contributed by atoms with van der Waals surface area (Å²) in [5.41, 5.74) is 4.03. The third-order valence-corrected chi connectivity index (χ3v) is 5.80. The zero-order valence-corrected chi connectivity index (χ0v) is 17.9. The van der Waals surface area contributed by atoms with Gasteiger partial charge < -0.3 is 10.0 Å². The zero-order chi connectivity index (χ0) is 24.6. The van der Waals surface area contributed by atoms with Gasteiger partial charge in [0.2, 0.25) is 0 Å². The van der Waals surface area contributed by atoms with E-state index >= 15 is 0 Å². The van der Waals surface area contributed by atoms with Crippen LogP contribution in [0.1, 0.15) is 17.0 Å². The minimum Gasteiger partial charge on any atom is -0.465 e. The highest BCUT2D eigenvalue weighted by Gasteiger charge is 2.62. The summed E-state index contributed by atoms with van der Waals surface area (Å²) in [5, 5.41) is 9.22. The lowest BCUT2D eigenvalue weighted by Crippen LogP contribution is -2.62. The number of aryl methyl sites for hydroxylation is 2. The largest absolute Gasteiger partial charge is 0.465 e. The van der Waals surface area contributed by atoms with Crippen LogP contribution in [0.15, 0.2) is 36.4 Å². The van der Waals surface area contributed by atoms with Crippen LogP contribution in [0.3, 0.4) is 0 Å². The quantitative estimate of drug-likeness (QED) is 0.613. The number of hydrogen-bond acceptors (Lipinski definition) is 3. The van der Waals surface area contributed by atoms with Crippen LogP contribution < -0.4 is 0 Å². The molecule has 1 aromatic carbocycles. The van der Waals surface area contributed by atoms with Crippen molar-refractivity contribution in [1.29, 1.82) is 0 Å². The fourth-order valence-corrected chi connectivity index (χ4v) is 4.25. The second-order valence-corrected chi connectivity index (χ2v) is 8.09. The van der Waals surface area contributed by atoms with Crippen LogP contribution in [-0.4, -0.2) is 64.0 Å². The summed E-state index contributed by atoms with van der Waals surface area (Å²) in [4.78, 5) is 17.5. The molecule has 180 valence electrons. The number of piperazine rings is 1. The number of amides is 1. The summed E-state index contributed by atoms with van der Waals surface area (Å²) in [5.74, 6) is -3.78. The van der Waals surface area contributed by atoms with Gasteiger partial charge in [0.25, 0.3) is 0 Å². The van der Waals surface area contributed by atoms with Crippen LogP contribution in [0, 0.1) is 19.8 Å². The number of halogens is 6. The van der Waals surface area contributed by atoms with E-state index in [1.54, 1.807) is 13.0 Å². The molecule has 33 heavy (non-hydrogen) atoms. The molecule has 3 rings (SSSR count). The molecule has 1 aliphatic heterocycles. The predicted molar refractivity (Wildman–Crippen MR) is 109 cm³/mol. The number of carbonyl (C=O) groups is 1. The first-order chi connectivity index (χ1) is 15.3. The van der Waals surface area contributed by atoms with Crippen molar-refractivity contribution in [1.82, 2.24) is 14.8 Å². The predicted octanol–water partition coefficient (Wildman–Crippen LogP) is 5.27. The van der Waals surface area contributed by atoms with Crippen molar-refractivity contribution in [3.05, 3.63) is 53.3 Å². The van der Waals surface area contributed by atoms with Crippen molar-refractivity contribution >= 4 is 6.09 Å². The van der Waals surface area contributed by atoms with Crippen molar-refractivity contribution in [3.63, 3.8) is 0 Å². The highest BCUT2D eigenvalue weighted by Crippen LogP contribution is 2.43. The third-order valence-electron chi connectivity index (χ3n) is 5.80. The van der Waals surface area contributed by atoms with Crippen LogP contribution in [-0.2, 0) is 6.54 Å². The SMILES string of the molecule is Cc1ccccc1-c1ccc(CN2CCN(C(=O)O)C(C(C(F)(F)F)C(F)(F)F)C2)nc1C. The van der Waals surface area contributed by atoms with E-state index in [0.29, 0.717) is 11.4 Å². The van der Waals surface area contributed by atoms with Gasteiger partial charge in [-0.3, -0.25) is 9.88 Å². The Labute approximate surface area is 186 Å². The van der Waals surface area contributed by atoms with Gasteiger partial charge in [-0.1, -0.05) is 30.3 Å². The van der Waals surface area contributed by atoms with E-state index in [9.17, 15) is 36.2 Å². The molecule has 0 radical (unpaired) electrons. The summed E-state index contributed by atoms with van der Waals surface area (Å²) < 4.78 is 79.9. The average molecular weight is 475 g/mol. The summed E-state index contributed by atoms with van der Waals surface area (Å²) in [7, 11) is 0. The Hall–Kier alpha value is -2.82. The van der Waals surface area contributed by atoms with Crippen molar-refractivity contribution in [2.75, 3.05) is 19.6 Å². The first-order valence-electron chi connectivity index (χ1n) is 10.2. The smallest absolute Gasteiger partial charge is 0.407 e. The first kappa shape index (κ1) is 24.8. The molecule has 1 amide bonds. The molecule has 1 aliphatic rings. The molecular weight excluding hydrogens is 452 g/mol. The summed E-state index contributed by atoms with van der Waals surface area (Å²) >= 11 is 0. The Morgan fingerprint density at radius 1 is 1.03 bits per heavy atom. The molecule has 1 atom stereocenters. The van der Waals surface area contributed by atoms with Crippen LogP contribution in [0.4, 0.5) is 31.1 Å². The van der Waals surface area contributed by atoms with Gasteiger partial charge in [-0.05, 0) is 31.0 Å². The molecule has 2 aromatic rings. The number of aromatic nitrogens is 1. The van der Waals surface area contributed by atoms with Gasteiger partial charge in [0.1, 0.15) is 0 Å². The van der Waals surface area contributed by atoms with E-state index in [4.69, 9.17) is 0 Å². The van der Waals surface area contributed by atoms with E-state index in [1.165, 1.54) is 4.90 Å². The minimum atomic E-state index is -5.64. The lowest BCUT2D eigenvalue weighted by atomic mass is 9.94. The van der Waals surface area contributed by atoms with Crippen molar-refractivity contribution in [3.8, 4) is 11.1 Å². The molecule has 0 bridgehead atoms. The van der Waals surface area contributed by atoms with Crippen LogP contribution in [0.5, 0.6) is 0 Å². The fraction of sp³-hybridized carbons (Fsp3) is 0.455. The van der Waals surface area contributed by atoms with Gasteiger partial charge in [0, 0.05) is 37.4 Å². The average Bonchev–Trinajstić information content (AvgIpc) is 2.67. The van der Waals surface area contributed by atoms with Crippen molar-refractivity contribution in [2.24, 2.45) is 5.92 Å². The Bertz CT molecular complexity index is 994. The topological polar surface area (TPSA) is 56.7 Å². The minimum absolute atomic E-state index is 0.00127. The molecule has 0 saturated carbocycles. The van der Waals surface area contributed by atoms with E-state index in [0.717, 1.165) is 16.7 Å². The van der Waals surface area contributed by atoms with Crippen LogP contribution >= 0.6 is 0 Å². The maximum atomic E-state index is 13.3. The Balaban J connectivity index is 1.84. The number of benzene rings is 1. The fourth-order valence-electron chi connectivity index (χ4n) is 4.25. The Kier molecular flexibility index (Phi) is 6.92. The van der Waals surface area contributed by atoms with E-state index in [-0.39, 0.29) is 18.0 Å².